The van der Waals surface area contributed by atoms with E-state index >= 15 is 0 Å². The average molecular weight is 216 g/mol. The Bertz CT molecular complexity index is 288. The second kappa shape index (κ2) is 4.89. The van der Waals surface area contributed by atoms with E-state index in [9.17, 15) is 0 Å². The number of aliphatic hydroxyl groups is 1. The van der Waals surface area contributed by atoms with Crippen LogP contribution >= 0.6 is 23.4 Å². The lowest BCUT2D eigenvalue weighted by atomic mass is 10.0. The van der Waals surface area contributed by atoms with Gasteiger partial charge in [0.25, 0.3) is 0 Å². The quantitative estimate of drug-likeness (QED) is 0.783. The Kier molecular flexibility index (Phi) is 4.10. The molecule has 0 amide bonds. The monoisotopic (exact) mass is 215 g/mol. The Morgan fingerprint density at radius 3 is 2.85 bits per heavy atom. The van der Waals surface area contributed by atoms with Crippen LogP contribution in [0.5, 0.6) is 0 Å². The van der Waals surface area contributed by atoms with Crippen LogP contribution < -0.4 is 0 Å². The van der Waals surface area contributed by atoms with Crippen molar-refractivity contribution < 1.29 is 5.11 Å². The summed E-state index contributed by atoms with van der Waals surface area (Å²) in [6.07, 6.45) is 1.97. The Morgan fingerprint density at radius 2 is 2.31 bits per heavy atom. The Morgan fingerprint density at radius 1 is 1.62 bits per heavy atom. The molecule has 0 aliphatic rings. The lowest BCUT2D eigenvalue weighted by Crippen LogP contribution is -2.00. The predicted molar refractivity (Wildman–Crippen MR) is 58.4 cm³/mol. The number of hydrogen-bond acceptors (Lipinski definition) is 2. The van der Waals surface area contributed by atoms with Crippen LogP contribution in [0.1, 0.15) is 11.5 Å². The summed E-state index contributed by atoms with van der Waals surface area (Å²) in [4.78, 5) is 1.03. The van der Waals surface area contributed by atoms with Gasteiger partial charge in [-0.3, -0.25) is 0 Å². The fraction of sp³-hybridized carbons (Fsp3) is 0.300. The standard InChI is InChI=1S/C10H12ClOS/c1-7(6-12)8-4-3-5-9(13-2)10(8)11/h3-5,7,12H,1,6H2,2H3. The summed E-state index contributed by atoms with van der Waals surface area (Å²) in [6.45, 7) is 3.84. The van der Waals surface area contributed by atoms with Gasteiger partial charge in [-0.2, -0.15) is 0 Å². The molecular weight excluding hydrogens is 204 g/mol. The Balaban J connectivity index is 3.08. The van der Waals surface area contributed by atoms with Gasteiger partial charge in [-0.1, -0.05) is 23.7 Å². The minimum atomic E-state index is -0.139. The highest BCUT2D eigenvalue weighted by Gasteiger charge is 2.10. The highest BCUT2D eigenvalue weighted by molar-refractivity contribution is 7.98. The topological polar surface area (TPSA) is 20.2 Å². The Labute approximate surface area is 88.1 Å². The molecule has 1 rings (SSSR count). The minimum absolute atomic E-state index is 0.0254. The molecule has 1 unspecified atom stereocenters. The first-order valence-electron chi connectivity index (χ1n) is 3.97. The molecule has 0 saturated carbocycles. The molecule has 1 N–H and O–H groups in total. The summed E-state index contributed by atoms with van der Waals surface area (Å²) < 4.78 is 0. The van der Waals surface area contributed by atoms with E-state index in [0.717, 1.165) is 10.5 Å². The zero-order valence-electron chi connectivity index (χ0n) is 7.46. The average Bonchev–Trinajstić information content (AvgIpc) is 2.17. The predicted octanol–water partition coefficient (Wildman–Crippen LogP) is 2.97. The van der Waals surface area contributed by atoms with Gasteiger partial charge in [0.1, 0.15) is 0 Å². The summed E-state index contributed by atoms with van der Waals surface area (Å²) in [7, 11) is 0. The van der Waals surface area contributed by atoms with Crippen molar-refractivity contribution in [3.05, 3.63) is 35.7 Å². The fourth-order valence-electron chi connectivity index (χ4n) is 1.10. The molecule has 1 aromatic carbocycles. The first kappa shape index (κ1) is 10.9. The van der Waals surface area contributed by atoms with Crippen LogP contribution in [0.25, 0.3) is 0 Å². The summed E-state index contributed by atoms with van der Waals surface area (Å²) in [5.41, 5.74) is 0.913. The first-order chi connectivity index (χ1) is 6.20. The molecule has 1 nitrogen and oxygen atoms in total. The fourth-order valence-corrected chi connectivity index (χ4v) is 2.12. The van der Waals surface area contributed by atoms with Gasteiger partial charge in [0.05, 0.1) is 5.02 Å². The van der Waals surface area contributed by atoms with E-state index in [1.807, 2.05) is 24.5 Å². The van der Waals surface area contributed by atoms with Crippen molar-refractivity contribution in [2.24, 2.45) is 0 Å². The third-order valence-corrected chi connectivity index (χ3v) is 3.19. The smallest absolute Gasteiger partial charge is 0.0577 e. The van der Waals surface area contributed by atoms with Gasteiger partial charge in [-0.25, -0.2) is 0 Å². The van der Waals surface area contributed by atoms with Crippen LogP contribution in [0, 0.1) is 6.92 Å². The van der Waals surface area contributed by atoms with Gasteiger partial charge in [0.15, 0.2) is 0 Å². The van der Waals surface area contributed by atoms with Crippen LogP contribution in [0.3, 0.4) is 0 Å². The third-order valence-electron chi connectivity index (χ3n) is 1.87. The van der Waals surface area contributed by atoms with Crippen molar-refractivity contribution in [1.29, 1.82) is 0 Å². The summed E-state index contributed by atoms with van der Waals surface area (Å²) in [6, 6.07) is 5.79. The summed E-state index contributed by atoms with van der Waals surface area (Å²) in [5, 5.41) is 9.66. The van der Waals surface area contributed by atoms with Crippen LogP contribution in [0.2, 0.25) is 5.02 Å². The number of halogens is 1. The van der Waals surface area contributed by atoms with E-state index in [0.29, 0.717) is 5.02 Å². The minimum Gasteiger partial charge on any atom is -0.396 e. The number of benzene rings is 1. The van der Waals surface area contributed by atoms with Gasteiger partial charge >= 0.3 is 0 Å². The summed E-state index contributed by atoms with van der Waals surface area (Å²) in [5.74, 6) is -0.139. The maximum atomic E-state index is 8.95. The molecule has 1 radical (unpaired) electrons. The maximum absolute atomic E-state index is 8.95. The molecular formula is C10H12ClOS. The highest BCUT2D eigenvalue weighted by atomic mass is 35.5. The molecule has 0 spiro atoms. The lowest BCUT2D eigenvalue weighted by molar-refractivity contribution is 0.282. The van der Waals surface area contributed by atoms with E-state index < -0.39 is 0 Å². The van der Waals surface area contributed by atoms with Crippen molar-refractivity contribution in [2.75, 3.05) is 12.9 Å². The van der Waals surface area contributed by atoms with Crippen LogP contribution in [-0.2, 0) is 0 Å². The van der Waals surface area contributed by atoms with Crippen molar-refractivity contribution in [1.82, 2.24) is 0 Å². The van der Waals surface area contributed by atoms with Crippen molar-refractivity contribution in [3.63, 3.8) is 0 Å². The third kappa shape index (κ3) is 2.39. The van der Waals surface area contributed by atoms with Crippen molar-refractivity contribution in [3.8, 4) is 0 Å². The van der Waals surface area contributed by atoms with Gasteiger partial charge in [0.2, 0.25) is 0 Å². The molecule has 1 atom stereocenters. The second-order valence-corrected chi connectivity index (χ2v) is 3.97. The molecule has 0 saturated heterocycles. The highest BCUT2D eigenvalue weighted by Crippen LogP contribution is 2.32. The lowest BCUT2D eigenvalue weighted by Gasteiger charge is -2.12. The molecule has 0 bridgehead atoms. The number of thioether (sulfide) groups is 1. The molecule has 13 heavy (non-hydrogen) atoms. The van der Waals surface area contributed by atoms with Gasteiger partial charge in [-0.05, 0) is 24.8 Å². The summed E-state index contributed by atoms with van der Waals surface area (Å²) >= 11 is 7.71. The van der Waals surface area contributed by atoms with E-state index in [-0.39, 0.29) is 12.5 Å². The van der Waals surface area contributed by atoms with E-state index in [1.165, 1.54) is 0 Å². The van der Waals surface area contributed by atoms with Gasteiger partial charge < -0.3 is 5.11 Å². The first-order valence-corrected chi connectivity index (χ1v) is 5.57. The normalized spacial score (nSPS) is 12.9. The molecule has 0 aliphatic heterocycles. The molecule has 0 aliphatic carbocycles. The zero-order chi connectivity index (χ0) is 9.84. The molecule has 71 valence electrons. The number of hydrogen-bond donors (Lipinski definition) is 1. The van der Waals surface area contributed by atoms with Crippen LogP contribution in [-0.4, -0.2) is 18.0 Å². The zero-order valence-corrected chi connectivity index (χ0v) is 9.03. The molecule has 0 fully saturated rings. The number of aliphatic hydroxyl groups excluding tert-OH is 1. The van der Waals surface area contributed by atoms with E-state index in [4.69, 9.17) is 16.7 Å². The number of rotatable bonds is 3. The molecule has 3 heteroatoms. The molecule has 0 heterocycles. The van der Waals surface area contributed by atoms with Crippen LogP contribution in [0.4, 0.5) is 0 Å². The largest absolute Gasteiger partial charge is 0.396 e. The SMILES string of the molecule is [CH2]C(CO)c1cccc(SC)c1Cl. The maximum Gasteiger partial charge on any atom is 0.0577 e. The van der Waals surface area contributed by atoms with Crippen molar-refractivity contribution >= 4 is 23.4 Å². The van der Waals surface area contributed by atoms with E-state index in [2.05, 4.69) is 6.92 Å². The van der Waals surface area contributed by atoms with Crippen molar-refractivity contribution in [2.45, 2.75) is 10.8 Å². The van der Waals surface area contributed by atoms with Gasteiger partial charge in [-0.15, -0.1) is 11.8 Å². The van der Waals surface area contributed by atoms with Gasteiger partial charge in [0, 0.05) is 17.4 Å². The van der Waals surface area contributed by atoms with Crippen LogP contribution in [0.15, 0.2) is 23.1 Å². The van der Waals surface area contributed by atoms with E-state index in [1.54, 1.807) is 11.8 Å². The molecule has 1 aromatic rings. The Hall–Kier alpha value is -0.180. The molecule has 0 aromatic heterocycles. The second-order valence-electron chi connectivity index (χ2n) is 2.74.